The zero-order valence-corrected chi connectivity index (χ0v) is 25.8. The minimum atomic E-state index is -0.228. The Morgan fingerprint density at radius 2 is 1.02 bits per heavy atom. The molecule has 2 saturated carbocycles. The summed E-state index contributed by atoms with van der Waals surface area (Å²) in [5.74, 6) is 0.386. The number of hydrogen-bond donors (Lipinski definition) is 2. The van der Waals surface area contributed by atoms with Crippen LogP contribution in [0.2, 0.25) is 0 Å². The maximum Gasteiger partial charge on any atom is 0.305 e. The predicted molar refractivity (Wildman–Crippen MR) is 157 cm³/mol. The average Bonchev–Trinajstić information content (AvgIpc) is 2.91. The van der Waals surface area contributed by atoms with Crippen molar-refractivity contribution in [1.82, 2.24) is 10.9 Å². The minimum Gasteiger partial charge on any atom is -0.466 e. The largest absolute Gasteiger partial charge is 0.466 e. The molecule has 0 unspecified atom stereocenters. The van der Waals surface area contributed by atoms with E-state index in [4.69, 9.17) is 9.47 Å². The Hall–Kier alpha value is -2.78. The van der Waals surface area contributed by atoms with Crippen molar-refractivity contribution in [3.8, 4) is 0 Å². The van der Waals surface area contributed by atoms with Crippen LogP contribution in [0.5, 0.6) is 0 Å². The van der Waals surface area contributed by atoms with Gasteiger partial charge in [0, 0.05) is 48.9 Å². The summed E-state index contributed by atoms with van der Waals surface area (Å²) in [7, 11) is 0. The maximum atomic E-state index is 12.3. The van der Waals surface area contributed by atoms with Crippen LogP contribution in [0.15, 0.2) is 10.2 Å². The molecule has 4 atom stereocenters. The molecule has 0 spiro atoms. The van der Waals surface area contributed by atoms with Crippen LogP contribution in [0.25, 0.3) is 0 Å². The van der Waals surface area contributed by atoms with Crippen molar-refractivity contribution in [3.05, 3.63) is 0 Å². The van der Waals surface area contributed by atoms with E-state index in [1.165, 1.54) is 0 Å². The molecule has 4 bridgehead atoms. The first-order valence-corrected chi connectivity index (χ1v) is 15.3. The normalized spacial score (nSPS) is 32.3. The molecule has 6 aliphatic rings. The molecule has 10 nitrogen and oxygen atoms in total. The fraction of sp³-hybridized carbons (Fsp3) is 0.806. The maximum absolute atomic E-state index is 12.3. The summed E-state index contributed by atoms with van der Waals surface area (Å²) in [6, 6.07) is 0. The Kier molecular flexibility index (Phi) is 11.5. The number of amides is 2. The van der Waals surface area contributed by atoms with Gasteiger partial charge in [0.05, 0.1) is 13.2 Å². The van der Waals surface area contributed by atoms with E-state index >= 15 is 0 Å². The number of hydrogen-bond acceptors (Lipinski definition) is 8. The SMILES string of the molecule is CC1=NNC(=O)CCCC(=O)N/N=C(/C)[C@@H]2C[C@H](CCOC(=O)CCCCC(=O)OCC[C@@H]3C[C@H]1C3(C)C)C2(C)C. The molecule has 2 fully saturated rings. The summed E-state index contributed by atoms with van der Waals surface area (Å²) >= 11 is 0. The zero-order valence-electron chi connectivity index (χ0n) is 25.8. The molecule has 0 aromatic heterocycles. The van der Waals surface area contributed by atoms with Gasteiger partial charge in [-0.05, 0) is 81.5 Å². The van der Waals surface area contributed by atoms with E-state index in [0.29, 0.717) is 57.2 Å². The number of carbonyl (C=O) groups excluding carboxylic acids is 4. The number of nitrogens with zero attached hydrogens (tertiary/aromatic N) is 2. The molecular weight excluding hydrogens is 524 g/mol. The van der Waals surface area contributed by atoms with Gasteiger partial charge in [0.2, 0.25) is 11.8 Å². The van der Waals surface area contributed by atoms with Crippen molar-refractivity contribution in [2.75, 3.05) is 13.2 Å². The van der Waals surface area contributed by atoms with E-state index in [1.54, 1.807) is 0 Å². The summed E-state index contributed by atoms with van der Waals surface area (Å²) in [6.07, 6.45) is 6.03. The standard InChI is InChI=1S/C31H50N4O6/c1-20-24-18-22(30(24,3)4)14-16-40-28(38)12-7-8-13-29(39)41-17-15-23-19-25(31(23,5)6)21(2)33-35-27(37)11-9-10-26(36)34-32-20/h22-25H,7-19H2,1-6H3,(H,34,36)(H,35,37)/b32-20-,33-21?/t22-,23+,24-,25+/m0/s1. The van der Waals surface area contributed by atoms with E-state index in [2.05, 4.69) is 48.7 Å². The summed E-state index contributed by atoms with van der Waals surface area (Å²) in [5, 5.41) is 8.68. The van der Waals surface area contributed by atoms with Gasteiger partial charge in [-0.1, -0.05) is 27.7 Å². The van der Waals surface area contributed by atoms with E-state index in [0.717, 1.165) is 37.1 Å². The highest BCUT2D eigenvalue weighted by atomic mass is 16.5. The van der Waals surface area contributed by atoms with Gasteiger partial charge in [-0.2, -0.15) is 10.2 Å². The van der Waals surface area contributed by atoms with Gasteiger partial charge < -0.3 is 9.47 Å². The lowest BCUT2D eigenvalue weighted by atomic mass is 9.52. The molecule has 0 aromatic carbocycles. The first-order valence-electron chi connectivity index (χ1n) is 15.3. The zero-order chi connectivity index (χ0) is 30.2. The molecule has 0 radical (unpaired) electrons. The van der Waals surface area contributed by atoms with Crippen LogP contribution >= 0.6 is 0 Å². The Labute approximate surface area is 244 Å². The van der Waals surface area contributed by atoms with Crippen LogP contribution in [0.1, 0.15) is 112 Å². The summed E-state index contributed by atoms with van der Waals surface area (Å²) in [5.41, 5.74) is 7.01. The highest BCUT2D eigenvalue weighted by Crippen LogP contribution is 2.54. The molecule has 4 heterocycles. The highest BCUT2D eigenvalue weighted by Gasteiger charge is 2.49. The number of ether oxygens (including phenoxy) is 2. The summed E-state index contributed by atoms with van der Waals surface area (Å²) in [4.78, 5) is 49.0. The second-order valence-corrected chi connectivity index (χ2v) is 13.3. The van der Waals surface area contributed by atoms with Crippen molar-refractivity contribution < 1.29 is 28.7 Å². The van der Waals surface area contributed by atoms with E-state index in [9.17, 15) is 19.2 Å². The third-order valence-electron chi connectivity index (χ3n) is 9.94. The molecule has 2 N–H and O–H groups in total. The van der Waals surface area contributed by atoms with Gasteiger partial charge in [-0.3, -0.25) is 19.2 Å². The first kappa shape index (κ1) is 32.7. The van der Waals surface area contributed by atoms with Gasteiger partial charge in [-0.15, -0.1) is 0 Å². The van der Waals surface area contributed by atoms with Crippen LogP contribution in [-0.2, 0) is 28.7 Å². The monoisotopic (exact) mass is 574 g/mol. The van der Waals surface area contributed by atoms with Crippen LogP contribution in [-0.4, -0.2) is 48.4 Å². The molecule has 41 heavy (non-hydrogen) atoms. The Morgan fingerprint density at radius 1 is 0.634 bits per heavy atom. The number of nitrogens with one attached hydrogen (secondary N) is 2. The molecule has 2 amide bonds. The number of esters is 2. The fourth-order valence-corrected chi connectivity index (χ4v) is 6.72. The molecule has 10 heteroatoms. The third kappa shape index (κ3) is 8.85. The van der Waals surface area contributed by atoms with Crippen LogP contribution in [0, 0.1) is 34.5 Å². The lowest BCUT2D eigenvalue weighted by Crippen LogP contribution is -2.49. The summed E-state index contributed by atoms with van der Waals surface area (Å²) < 4.78 is 10.9. The van der Waals surface area contributed by atoms with Gasteiger partial charge in [0.1, 0.15) is 0 Å². The smallest absolute Gasteiger partial charge is 0.305 e. The number of hydrazone groups is 2. The summed E-state index contributed by atoms with van der Waals surface area (Å²) in [6.45, 7) is 13.3. The van der Waals surface area contributed by atoms with E-state index in [-0.39, 0.29) is 59.3 Å². The minimum absolute atomic E-state index is 0.0149. The topological polar surface area (TPSA) is 136 Å². The highest BCUT2D eigenvalue weighted by molar-refractivity contribution is 5.88. The van der Waals surface area contributed by atoms with Crippen LogP contribution in [0.3, 0.4) is 0 Å². The molecular formula is C31H50N4O6. The van der Waals surface area contributed by atoms with Crippen LogP contribution in [0.4, 0.5) is 0 Å². The van der Waals surface area contributed by atoms with Gasteiger partial charge in [0.15, 0.2) is 0 Å². The number of rotatable bonds is 0. The Balaban J connectivity index is 1.56. The molecule has 0 saturated heterocycles. The Bertz CT molecular complexity index is 954. The second-order valence-electron chi connectivity index (χ2n) is 13.3. The van der Waals surface area contributed by atoms with Crippen molar-refractivity contribution in [2.45, 2.75) is 112 Å². The van der Waals surface area contributed by atoms with Gasteiger partial charge in [-0.25, -0.2) is 10.9 Å². The Morgan fingerprint density at radius 3 is 1.39 bits per heavy atom. The van der Waals surface area contributed by atoms with Crippen molar-refractivity contribution in [3.63, 3.8) is 0 Å². The van der Waals surface area contributed by atoms with Gasteiger partial charge in [0.25, 0.3) is 0 Å². The molecule has 230 valence electrons. The van der Waals surface area contributed by atoms with Crippen molar-refractivity contribution >= 4 is 35.2 Å². The molecule has 6 rings (SSSR count). The van der Waals surface area contributed by atoms with Gasteiger partial charge >= 0.3 is 11.9 Å². The van der Waals surface area contributed by atoms with Crippen molar-refractivity contribution in [2.24, 2.45) is 44.7 Å². The fourth-order valence-electron chi connectivity index (χ4n) is 6.72. The quantitative estimate of drug-likeness (QED) is 0.395. The molecule has 2 aliphatic carbocycles. The predicted octanol–water partition coefficient (Wildman–Crippen LogP) is 4.91. The lowest BCUT2D eigenvalue weighted by molar-refractivity contribution is -0.147. The lowest BCUT2D eigenvalue weighted by Gasteiger charge is -2.52. The average molecular weight is 575 g/mol. The number of carbonyl (C=O) groups is 4. The molecule has 4 aliphatic heterocycles. The third-order valence-corrected chi connectivity index (χ3v) is 9.94. The van der Waals surface area contributed by atoms with Crippen molar-refractivity contribution in [1.29, 1.82) is 0 Å². The second kappa shape index (κ2) is 14.4. The van der Waals surface area contributed by atoms with E-state index in [1.807, 2.05) is 13.8 Å². The molecule has 0 aromatic rings. The first-order chi connectivity index (χ1) is 19.3. The van der Waals surface area contributed by atoms with E-state index < -0.39 is 0 Å². The van der Waals surface area contributed by atoms with Crippen LogP contribution < -0.4 is 10.9 Å².